The summed E-state index contributed by atoms with van der Waals surface area (Å²) in [5.74, 6) is 0.936. The van der Waals surface area contributed by atoms with E-state index in [0.717, 1.165) is 13.0 Å². The Bertz CT molecular complexity index is 492. The standard InChI is InChI=1S/C17H24N2O3/c1-13(2)12-21-10-4-9-19-17(20)14(3)22-16-7-5-15(11-18)6-8-16/h5-8,13-14H,4,9-10,12H2,1-3H3,(H,19,20). The molecule has 1 unspecified atom stereocenters. The Morgan fingerprint density at radius 1 is 1.27 bits per heavy atom. The molecule has 5 heteroatoms. The van der Waals surface area contributed by atoms with E-state index in [-0.39, 0.29) is 5.91 Å². The van der Waals surface area contributed by atoms with E-state index >= 15 is 0 Å². The fraction of sp³-hybridized carbons (Fsp3) is 0.529. The minimum atomic E-state index is -0.579. The fourth-order valence-electron chi connectivity index (χ4n) is 1.71. The SMILES string of the molecule is CC(C)COCCCNC(=O)C(C)Oc1ccc(C#N)cc1. The second-order valence-electron chi connectivity index (χ2n) is 5.51. The maximum atomic E-state index is 11.9. The lowest BCUT2D eigenvalue weighted by atomic mass is 10.2. The van der Waals surface area contributed by atoms with E-state index in [4.69, 9.17) is 14.7 Å². The third-order valence-electron chi connectivity index (χ3n) is 2.88. The summed E-state index contributed by atoms with van der Waals surface area (Å²) < 4.78 is 11.0. The average Bonchev–Trinajstić information content (AvgIpc) is 2.50. The number of nitriles is 1. The number of hydrogen-bond donors (Lipinski definition) is 1. The summed E-state index contributed by atoms with van der Waals surface area (Å²) in [4.78, 5) is 11.9. The zero-order valence-electron chi connectivity index (χ0n) is 13.5. The van der Waals surface area contributed by atoms with Gasteiger partial charge in [0.25, 0.3) is 5.91 Å². The first kappa shape index (κ1) is 18.0. The van der Waals surface area contributed by atoms with Crippen LogP contribution in [0.3, 0.4) is 0 Å². The van der Waals surface area contributed by atoms with Crippen LogP contribution in [0, 0.1) is 17.2 Å². The van der Waals surface area contributed by atoms with Crippen molar-refractivity contribution in [3.8, 4) is 11.8 Å². The second kappa shape index (κ2) is 9.80. The minimum Gasteiger partial charge on any atom is -0.481 e. The predicted molar refractivity (Wildman–Crippen MR) is 84.5 cm³/mol. The average molecular weight is 304 g/mol. The number of hydrogen-bond acceptors (Lipinski definition) is 4. The number of nitrogens with zero attached hydrogens (tertiary/aromatic N) is 1. The van der Waals surface area contributed by atoms with Crippen LogP contribution in [0.25, 0.3) is 0 Å². The molecular formula is C17H24N2O3. The number of benzene rings is 1. The molecule has 0 aliphatic carbocycles. The van der Waals surface area contributed by atoms with Gasteiger partial charge in [-0.2, -0.15) is 5.26 Å². The summed E-state index contributed by atoms with van der Waals surface area (Å²) in [5.41, 5.74) is 0.561. The predicted octanol–water partition coefficient (Wildman–Crippen LogP) is 2.50. The number of carbonyl (C=O) groups excluding carboxylic acids is 1. The largest absolute Gasteiger partial charge is 0.481 e. The van der Waals surface area contributed by atoms with Gasteiger partial charge < -0.3 is 14.8 Å². The molecule has 1 amide bonds. The molecule has 0 radical (unpaired) electrons. The van der Waals surface area contributed by atoms with Crippen LogP contribution in [-0.4, -0.2) is 31.8 Å². The van der Waals surface area contributed by atoms with Crippen LogP contribution in [0.5, 0.6) is 5.75 Å². The topological polar surface area (TPSA) is 71.3 Å². The highest BCUT2D eigenvalue weighted by Gasteiger charge is 2.13. The van der Waals surface area contributed by atoms with E-state index in [0.29, 0.717) is 30.4 Å². The lowest BCUT2D eigenvalue weighted by Crippen LogP contribution is -2.37. The Hall–Kier alpha value is -2.06. The van der Waals surface area contributed by atoms with Crippen LogP contribution in [0.1, 0.15) is 32.8 Å². The summed E-state index contributed by atoms with van der Waals surface area (Å²) in [7, 11) is 0. The minimum absolute atomic E-state index is 0.159. The molecule has 22 heavy (non-hydrogen) atoms. The van der Waals surface area contributed by atoms with Crippen molar-refractivity contribution >= 4 is 5.91 Å². The lowest BCUT2D eigenvalue weighted by Gasteiger charge is -2.15. The van der Waals surface area contributed by atoms with Gasteiger partial charge in [0.1, 0.15) is 5.75 Å². The van der Waals surface area contributed by atoms with Crippen molar-refractivity contribution in [1.29, 1.82) is 5.26 Å². The number of ether oxygens (including phenoxy) is 2. The summed E-state index contributed by atoms with van der Waals surface area (Å²) in [6.07, 6.45) is 0.201. The third kappa shape index (κ3) is 7.09. The van der Waals surface area contributed by atoms with Crippen LogP contribution in [0.15, 0.2) is 24.3 Å². The Kier molecular flexibility index (Phi) is 8.01. The molecule has 0 aromatic heterocycles. The Balaban J connectivity index is 2.22. The highest BCUT2D eigenvalue weighted by Crippen LogP contribution is 2.13. The van der Waals surface area contributed by atoms with Gasteiger partial charge >= 0.3 is 0 Å². The molecule has 0 bridgehead atoms. The van der Waals surface area contributed by atoms with Crippen LogP contribution in [0.4, 0.5) is 0 Å². The monoisotopic (exact) mass is 304 g/mol. The van der Waals surface area contributed by atoms with Crippen molar-refractivity contribution < 1.29 is 14.3 Å². The molecule has 0 fully saturated rings. The first-order valence-electron chi connectivity index (χ1n) is 7.55. The molecule has 5 nitrogen and oxygen atoms in total. The van der Waals surface area contributed by atoms with Gasteiger partial charge in [0.2, 0.25) is 0 Å². The van der Waals surface area contributed by atoms with Gasteiger partial charge in [-0.25, -0.2) is 0 Å². The van der Waals surface area contributed by atoms with Crippen LogP contribution in [-0.2, 0) is 9.53 Å². The summed E-state index contributed by atoms with van der Waals surface area (Å²) >= 11 is 0. The van der Waals surface area contributed by atoms with E-state index in [1.807, 2.05) is 6.07 Å². The zero-order chi connectivity index (χ0) is 16.4. The fourth-order valence-corrected chi connectivity index (χ4v) is 1.71. The molecule has 120 valence electrons. The Labute approximate surface area is 132 Å². The molecule has 0 heterocycles. The van der Waals surface area contributed by atoms with Crippen molar-refractivity contribution in [2.75, 3.05) is 19.8 Å². The van der Waals surface area contributed by atoms with Crippen molar-refractivity contribution in [2.24, 2.45) is 5.92 Å². The molecule has 1 atom stereocenters. The van der Waals surface area contributed by atoms with Crippen molar-refractivity contribution in [3.05, 3.63) is 29.8 Å². The van der Waals surface area contributed by atoms with E-state index < -0.39 is 6.10 Å². The second-order valence-corrected chi connectivity index (χ2v) is 5.51. The number of nitrogens with one attached hydrogen (secondary N) is 1. The Morgan fingerprint density at radius 3 is 2.55 bits per heavy atom. The van der Waals surface area contributed by atoms with Gasteiger partial charge in [-0.3, -0.25) is 4.79 Å². The molecule has 1 aromatic carbocycles. The van der Waals surface area contributed by atoms with E-state index in [1.165, 1.54) is 0 Å². The van der Waals surface area contributed by atoms with Gasteiger partial charge in [-0.15, -0.1) is 0 Å². The first-order chi connectivity index (χ1) is 10.5. The third-order valence-corrected chi connectivity index (χ3v) is 2.88. The molecule has 0 spiro atoms. The molecule has 1 aromatic rings. The van der Waals surface area contributed by atoms with Crippen LogP contribution < -0.4 is 10.1 Å². The van der Waals surface area contributed by atoms with Gasteiger partial charge in [0.15, 0.2) is 6.10 Å². The van der Waals surface area contributed by atoms with Gasteiger partial charge in [-0.05, 0) is 43.5 Å². The number of carbonyl (C=O) groups is 1. The summed E-state index contributed by atoms with van der Waals surface area (Å²) in [5, 5.41) is 11.5. The van der Waals surface area contributed by atoms with Crippen LogP contribution >= 0.6 is 0 Å². The van der Waals surface area contributed by atoms with Crippen molar-refractivity contribution in [3.63, 3.8) is 0 Å². The van der Waals surface area contributed by atoms with Gasteiger partial charge in [0, 0.05) is 19.8 Å². The van der Waals surface area contributed by atoms with E-state index in [2.05, 4.69) is 19.2 Å². The molecule has 1 rings (SSSR count). The maximum absolute atomic E-state index is 11.9. The highest BCUT2D eigenvalue weighted by atomic mass is 16.5. The quantitative estimate of drug-likeness (QED) is 0.712. The first-order valence-corrected chi connectivity index (χ1v) is 7.55. The zero-order valence-corrected chi connectivity index (χ0v) is 13.5. The van der Waals surface area contributed by atoms with E-state index in [1.54, 1.807) is 31.2 Å². The smallest absolute Gasteiger partial charge is 0.260 e. The maximum Gasteiger partial charge on any atom is 0.260 e. The molecular weight excluding hydrogens is 280 g/mol. The normalized spacial score (nSPS) is 11.8. The van der Waals surface area contributed by atoms with Gasteiger partial charge in [-0.1, -0.05) is 13.8 Å². The molecule has 1 N–H and O–H groups in total. The van der Waals surface area contributed by atoms with Crippen molar-refractivity contribution in [2.45, 2.75) is 33.3 Å². The highest BCUT2D eigenvalue weighted by molar-refractivity contribution is 5.80. The number of rotatable bonds is 9. The Morgan fingerprint density at radius 2 is 1.95 bits per heavy atom. The molecule has 0 saturated heterocycles. The summed E-state index contributed by atoms with van der Waals surface area (Å²) in [6, 6.07) is 8.72. The number of amides is 1. The summed E-state index contributed by atoms with van der Waals surface area (Å²) in [6.45, 7) is 7.85. The molecule has 0 aliphatic rings. The van der Waals surface area contributed by atoms with Crippen molar-refractivity contribution in [1.82, 2.24) is 5.32 Å². The molecule has 0 aliphatic heterocycles. The van der Waals surface area contributed by atoms with E-state index in [9.17, 15) is 4.79 Å². The molecule has 0 saturated carbocycles. The van der Waals surface area contributed by atoms with Crippen LogP contribution in [0.2, 0.25) is 0 Å². The van der Waals surface area contributed by atoms with Gasteiger partial charge in [0.05, 0.1) is 11.6 Å². The lowest BCUT2D eigenvalue weighted by molar-refractivity contribution is -0.127.